The summed E-state index contributed by atoms with van der Waals surface area (Å²) in [6.07, 6.45) is 2.40. The van der Waals surface area contributed by atoms with Crippen molar-refractivity contribution in [2.45, 2.75) is 39.2 Å². The molecule has 2 rings (SSSR count). The molecule has 1 heterocycles. The van der Waals surface area contributed by atoms with Crippen molar-refractivity contribution in [2.75, 3.05) is 11.9 Å². The number of nitrogens with one attached hydrogen (secondary N) is 2. The quantitative estimate of drug-likeness (QED) is 0.653. The number of nitrogens with zero attached hydrogens (tertiary/aromatic N) is 1. The standard InChI is InChI=1S/C14H19N3O3/c1-9-6-12(13(17(19)20)7-10(9)2)16-14(18)8-11-4-3-5-15-11/h6-7,11,15H,3-5,8H2,1-2H3,(H,16,18). The molecule has 1 fully saturated rings. The number of anilines is 1. The van der Waals surface area contributed by atoms with E-state index in [0.717, 1.165) is 30.5 Å². The highest BCUT2D eigenvalue weighted by atomic mass is 16.6. The van der Waals surface area contributed by atoms with Crippen molar-refractivity contribution in [3.8, 4) is 0 Å². The molecule has 1 amide bonds. The highest BCUT2D eigenvalue weighted by Crippen LogP contribution is 2.28. The van der Waals surface area contributed by atoms with Crippen molar-refractivity contribution in [1.82, 2.24) is 5.32 Å². The molecular weight excluding hydrogens is 258 g/mol. The maximum atomic E-state index is 12.0. The predicted octanol–water partition coefficient (Wildman–Crippen LogP) is 2.29. The van der Waals surface area contributed by atoms with Crippen molar-refractivity contribution < 1.29 is 9.72 Å². The maximum Gasteiger partial charge on any atom is 0.293 e. The molecule has 0 radical (unpaired) electrons. The fourth-order valence-electron chi connectivity index (χ4n) is 2.41. The molecule has 20 heavy (non-hydrogen) atoms. The predicted molar refractivity (Wildman–Crippen MR) is 76.8 cm³/mol. The molecule has 6 heteroatoms. The minimum absolute atomic E-state index is 0.0548. The summed E-state index contributed by atoms with van der Waals surface area (Å²) in [5.74, 6) is -0.184. The number of aryl methyl sites for hydroxylation is 2. The van der Waals surface area contributed by atoms with Crippen LogP contribution in [0.2, 0.25) is 0 Å². The van der Waals surface area contributed by atoms with Crippen LogP contribution in [-0.2, 0) is 4.79 Å². The lowest BCUT2D eigenvalue weighted by Gasteiger charge is -2.12. The van der Waals surface area contributed by atoms with Gasteiger partial charge in [0.15, 0.2) is 0 Å². The Morgan fingerprint density at radius 1 is 1.45 bits per heavy atom. The zero-order valence-electron chi connectivity index (χ0n) is 11.7. The molecule has 0 aliphatic carbocycles. The van der Waals surface area contributed by atoms with Crippen LogP contribution in [0.3, 0.4) is 0 Å². The first-order chi connectivity index (χ1) is 9.47. The van der Waals surface area contributed by atoms with Crippen molar-refractivity contribution in [3.63, 3.8) is 0 Å². The van der Waals surface area contributed by atoms with E-state index in [1.807, 2.05) is 13.8 Å². The van der Waals surface area contributed by atoms with E-state index in [1.54, 1.807) is 6.07 Å². The molecule has 1 unspecified atom stereocenters. The van der Waals surface area contributed by atoms with Crippen LogP contribution in [0.15, 0.2) is 12.1 Å². The van der Waals surface area contributed by atoms with Gasteiger partial charge in [0.05, 0.1) is 4.92 Å². The lowest BCUT2D eigenvalue weighted by molar-refractivity contribution is -0.384. The SMILES string of the molecule is Cc1cc(NC(=O)CC2CCCN2)c([N+](=O)[O-])cc1C. The Balaban J connectivity index is 2.13. The van der Waals surface area contributed by atoms with E-state index in [2.05, 4.69) is 10.6 Å². The van der Waals surface area contributed by atoms with Crippen LogP contribution in [-0.4, -0.2) is 23.4 Å². The first-order valence-electron chi connectivity index (χ1n) is 6.76. The molecule has 1 aliphatic heterocycles. The first-order valence-corrected chi connectivity index (χ1v) is 6.76. The zero-order valence-corrected chi connectivity index (χ0v) is 11.7. The molecule has 1 aromatic rings. The topological polar surface area (TPSA) is 84.3 Å². The molecule has 0 saturated carbocycles. The van der Waals surface area contributed by atoms with Gasteiger partial charge in [0, 0.05) is 18.5 Å². The summed E-state index contributed by atoms with van der Waals surface area (Å²) in [4.78, 5) is 22.6. The highest BCUT2D eigenvalue weighted by molar-refractivity contribution is 5.93. The van der Waals surface area contributed by atoms with E-state index >= 15 is 0 Å². The normalized spacial score (nSPS) is 18.0. The van der Waals surface area contributed by atoms with Gasteiger partial charge in [0.1, 0.15) is 5.69 Å². The molecule has 1 aromatic carbocycles. The number of nitro groups is 1. The maximum absolute atomic E-state index is 12.0. The van der Waals surface area contributed by atoms with Crippen molar-refractivity contribution in [2.24, 2.45) is 0 Å². The number of carbonyl (C=O) groups excluding carboxylic acids is 1. The van der Waals surface area contributed by atoms with Gasteiger partial charge in [0.25, 0.3) is 5.69 Å². The fourth-order valence-corrected chi connectivity index (χ4v) is 2.41. The molecule has 1 atom stereocenters. The van der Waals surface area contributed by atoms with E-state index in [-0.39, 0.29) is 23.3 Å². The second kappa shape index (κ2) is 6.00. The van der Waals surface area contributed by atoms with E-state index in [1.165, 1.54) is 6.07 Å². The second-order valence-corrected chi connectivity index (χ2v) is 5.26. The van der Waals surface area contributed by atoms with E-state index in [9.17, 15) is 14.9 Å². The van der Waals surface area contributed by atoms with Gasteiger partial charge in [-0.2, -0.15) is 0 Å². The summed E-state index contributed by atoms with van der Waals surface area (Å²) in [6.45, 7) is 4.62. The van der Waals surface area contributed by atoms with Gasteiger partial charge in [-0.25, -0.2) is 0 Å². The van der Waals surface area contributed by atoms with Crippen LogP contribution in [0.5, 0.6) is 0 Å². The largest absolute Gasteiger partial charge is 0.320 e. The third-order valence-corrected chi connectivity index (χ3v) is 3.68. The molecule has 1 saturated heterocycles. The van der Waals surface area contributed by atoms with Crippen molar-refractivity contribution in [1.29, 1.82) is 0 Å². The Morgan fingerprint density at radius 2 is 2.15 bits per heavy atom. The second-order valence-electron chi connectivity index (χ2n) is 5.26. The summed E-state index contributed by atoms with van der Waals surface area (Å²) >= 11 is 0. The zero-order chi connectivity index (χ0) is 14.7. The summed E-state index contributed by atoms with van der Waals surface area (Å²) in [5, 5.41) is 17.0. The Labute approximate surface area is 117 Å². The summed E-state index contributed by atoms with van der Waals surface area (Å²) in [6, 6.07) is 3.34. The molecule has 0 aromatic heterocycles. The van der Waals surface area contributed by atoms with Crippen LogP contribution in [0, 0.1) is 24.0 Å². The van der Waals surface area contributed by atoms with Gasteiger partial charge in [-0.05, 0) is 50.4 Å². The van der Waals surface area contributed by atoms with E-state index < -0.39 is 4.92 Å². The van der Waals surface area contributed by atoms with Crippen LogP contribution in [0.4, 0.5) is 11.4 Å². The van der Waals surface area contributed by atoms with Crippen LogP contribution in [0.25, 0.3) is 0 Å². The molecule has 2 N–H and O–H groups in total. The lowest BCUT2D eigenvalue weighted by atomic mass is 10.1. The molecule has 1 aliphatic rings. The number of nitro benzene ring substituents is 1. The van der Waals surface area contributed by atoms with Crippen LogP contribution < -0.4 is 10.6 Å². The average molecular weight is 277 g/mol. The van der Waals surface area contributed by atoms with Gasteiger partial charge in [0.2, 0.25) is 5.91 Å². The van der Waals surface area contributed by atoms with Crippen molar-refractivity contribution in [3.05, 3.63) is 33.4 Å². The molecule has 0 bridgehead atoms. The smallest absolute Gasteiger partial charge is 0.293 e. The van der Waals surface area contributed by atoms with Crippen LogP contribution in [0.1, 0.15) is 30.4 Å². The minimum atomic E-state index is -0.462. The summed E-state index contributed by atoms with van der Waals surface area (Å²) in [5.41, 5.74) is 1.99. The van der Waals surface area contributed by atoms with Crippen molar-refractivity contribution >= 4 is 17.3 Å². The number of amides is 1. The van der Waals surface area contributed by atoms with Gasteiger partial charge < -0.3 is 10.6 Å². The number of carbonyl (C=O) groups is 1. The molecule has 0 spiro atoms. The summed E-state index contributed by atoms with van der Waals surface area (Å²) in [7, 11) is 0. The molecular formula is C14H19N3O3. The summed E-state index contributed by atoms with van der Waals surface area (Å²) < 4.78 is 0. The van der Waals surface area contributed by atoms with Crippen LogP contribution >= 0.6 is 0 Å². The third kappa shape index (κ3) is 3.33. The molecule has 108 valence electrons. The monoisotopic (exact) mass is 277 g/mol. The number of hydrogen-bond acceptors (Lipinski definition) is 4. The van der Waals surface area contributed by atoms with Gasteiger partial charge in [-0.15, -0.1) is 0 Å². The number of benzene rings is 1. The van der Waals surface area contributed by atoms with E-state index in [4.69, 9.17) is 0 Å². The highest BCUT2D eigenvalue weighted by Gasteiger charge is 2.21. The number of hydrogen-bond donors (Lipinski definition) is 2. The fraction of sp³-hybridized carbons (Fsp3) is 0.500. The van der Waals surface area contributed by atoms with Gasteiger partial charge >= 0.3 is 0 Å². The van der Waals surface area contributed by atoms with Gasteiger partial charge in [-0.1, -0.05) is 0 Å². The van der Waals surface area contributed by atoms with Gasteiger partial charge in [-0.3, -0.25) is 14.9 Å². The van der Waals surface area contributed by atoms with E-state index in [0.29, 0.717) is 6.42 Å². The Morgan fingerprint density at radius 3 is 2.75 bits per heavy atom. The lowest BCUT2D eigenvalue weighted by Crippen LogP contribution is -2.27. The number of rotatable bonds is 4. The minimum Gasteiger partial charge on any atom is -0.320 e. The Kier molecular flexibility index (Phi) is 4.34. The Hall–Kier alpha value is -1.95. The average Bonchev–Trinajstić information content (AvgIpc) is 2.85. The Bertz CT molecular complexity index is 537. The molecule has 6 nitrogen and oxygen atoms in total. The third-order valence-electron chi connectivity index (χ3n) is 3.68. The first kappa shape index (κ1) is 14.5.